The third kappa shape index (κ3) is 3.23. The van der Waals surface area contributed by atoms with Crippen LogP contribution in [0.2, 0.25) is 0 Å². The largest absolute Gasteiger partial charge is 0.480 e. The van der Waals surface area contributed by atoms with Crippen LogP contribution in [0, 0.1) is 17.0 Å². The molecule has 5 nitrogen and oxygen atoms in total. The second-order valence-electron chi connectivity index (χ2n) is 4.24. The van der Waals surface area contributed by atoms with Gasteiger partial charge >= 0.3 is 5.97 Å². The summed E-state index contributed by atoms with van der Waals surface area (Å²) in [6.45, 7) is 4.80. The topological polar surface area (TPSA) is 80.4 Å². The van der Waals surface area contributed by atoms with Gasteiger partial charge in [-0.2, -0.15) is 0 Å². The summed E-state index contributed by atoms with van der Waals surface area (Å²) >= 11 is 4.38. The van der Waals surface area contributed by atoms with Gasteiger partial charge in [0.25, 0.3) is 5.69 Å². The highest BCUT2D eigenvalue weighted by Crippen LogP contribution is 2.39. The van der Waals surface area contributed by atoms with Gasteiger partial charge in [0.15, 0.2) is 0 Å². The molecule has 1 aromatic carbocycles. The molecule has 0 aliphatic heterocycles. The monoisotopic (exact) mass is 333 g/mol. The number of thioether (sulfide) groups is 1. The molecule has 0 heterocycles. The zero-order valence-electron chi connectivity index (χ0n) is 10.1. The molecule has 0 bridgehead atoms. The number of carboxylic acid groups (broad SMARTS) is 1. The zero-order valence-corrected chi connectivity index (χ0v) is 12.5. The van der Waals surface area contributed by atoms with Crippen molar-refractivity contribution in [1.82, 2.24) is 0 Å². The first-order chi connectivity index (χ1) is 8.15. The molecule has 0 atom stereocenters. The molecule has 0 aliphatic rings. The van der Waals surface area contributed by atoms with E-state index in [2.05, 4.69) is 15.9 Å². The molecular weight excluding hydrogens is 322 g/mol. The van der Waals surface area contributed by atoms with Gasteiger partial charge in [-0.25, -0.2) is 0 Å². The van der Waals surface area contributed by atoms with E-state index in [1.165, 1.54) is 6.07 Å². The Morgan fingerprint density at radius 2 is 2.06 bits per heavy atom. The summed E-state index contributed by atoms with van der Waals surface area (Å²) in [6.07, 6.45) is 0. The SMILES string of the molecule is Cc1cc(SC(C)(C)C(=O)O)c(Br)cc1[N+](=O)[O-]. The first-order valence-electron chi connectivity index (χ1n) is 5.02. The number of carbonyl (C=O) groups is 1. The van der Waals surface area contributed by atoms with Crippen LogP contribution in [0.15, 0.2) is 21.5 Å². The molecule has 0 spiro atoms. The fourth-order valence-corrected chi connectivity index (χ4v) is 2.84. The van der Waals surface area contributed by atoms with Crippen LogP contribution in [0.4, 0.5) is 5.69 Å². The van der Waals surface area contributed by atoms with Crippen LogP contribution in [-0.2, 0) is 4.79 Å². The van der Waals surface area contributed by atoms with Crippen molar-refractivity contribution < 1.29 is 14.8 Å². The minimum absolute atomic E-state index is 0.0133. The summed E-state index contributed by atoms with van der Waals surface area (Å²) in [5.74, 6) is -0.935. The molecule has 0 radical (unpaired) electrons. The number of hydrogen-bond acceptors (Lipinski definition) is 4. The first-order valence-corrected chi connectivity index (χ1v) is 6.63. The molecule has 0 amide bonds. The van der Waals surface area contributed by atoms with E-state index in [0.717, 1.165) is 11.8 Å². The molecule has 1 aromatic rings. The minimum atomic E-state index is -0.995. The maximum absolute atomic E-state index is 11.1. The van der Waals surface area contributed by atoms with E-state index in [1.807, 2.05) is 0 Å². The van der Waals surface area contributed by atoms with Crippen molar-refractivity contribution in [1.29, 1.82) is 0 Å². The molecule has 7 heteroatoms. The summed E-state index contributed by atoms with van der Waals surface area (Å²) in [7, 11) is 0. The lowest BCUT2D eigenvalue weighted by atomic mass is 10.2. The highest BCUT2D eigenvalue weighted by molar-refractivity contribution is 9.10. The van der Waals surface area contributed by atoms with Gasteiger partial charge in [0.05, 0.1) is 4.92 Å². The Balaban J connectivity index is 3.17. The van der Waals surface area contributed by atoms with Crippen LogP contribution in [0.25, 0.3) is 0 Å². The third-order valence-corrected chi connectivity index (χ3v) is 4.49. The highest BCUT2D eigenvalue weighted by atomic mass is 79.9. The molecule has 1 N–H and O–H groups in total. The van der Waals surface area contributed by atoms with Crippen molar-refractivity contribution >= 4 is 39.3 Å². The van der Waals surface area contributed by atoms with E-state index in [0.29, 0.717) is 14.9 Å². The maximum Gasteiger partial charge on any atom is 0.319 e. The number of nitro benzene ring substituents is 1. The van der Waals surface area contributed by atoms with Crippen molar-refractivity contribution in [2.24, 2.45) is 0 Å². The molecule has 0 aliphatic carbocycles. The summed E-state index contributed by atoms with van der Waals surface area (Å²) in [5, 5.41) is 19.8. The van der Waals surface area contributed by atoms with Gasteiger partial charge in [0.2, 0.25) is 0 Å². The number of hydrogen-bond donors (Lipinski definition) is 1. The number of nitrogens with zero attached hydrogens (tertiary/aromatic N) is 1. The molecule has 0 unspecified atom stereocenters. The maximum atomic E-state index is 11.1. The molecule has 18 heavy (non-hydrogen) atoms. The summed E-state index contributed by atoms with van der Waals surface area (Å²) in [5.41, 5.74) is 0.520. The van der Waals surface area contributed by atoms with Crippen LogP contribution >= 0.6 is 27.7 Å². The van der Waals surface area contributed by atoms with Crippen molar-refractivity contribution in [3.8, 4) is 0 Å². The summed E-state index contributed by atoms with van der Waals surface area (Å²) in [4.78, 5) is 22.0. The average Bonchev–Trinajstić information content (AvgIpc) is 2.21. The van der Waals surface area contributed by atoms with Gasteiger partial charge in [-0.15, -0.1) is 11.8 Å². The summed E-state index contributed by atoms with van der Waals surface area (Å²) < 4.78 is -0.468. The van der Waals surface area contributed by atoms with Crippen molar-refractivity contribution in [3.63, 3.8) is 0 Å². The molecular formula is C11H12BrNO4S. The predicted molar refractivity (Wildman–Crippen MR) is 73.1 cm³/mol. The number of rotatable bonds is 4. The fourth-order valence-electron chi connectivity index (χ4n) is 1.24. The molecule has 98 valence electrons. The molecule has 0 saturated heterocycles. The van der Waals surface area contributed by atoms with E-state index in [1.54, 1.807) is 26.8 Å². The second-order valence-corrected chi connectivity index (χ2v) is 6.76. The van der Waals surface area contributed by atoms with E-state index >= 15 is 0 Å². The van der Waals surface area contributed by atoms with Crippen molar-refractivity contribution in [3.05, 3.63) is 32.3 Å². The fraction of sp³-hybridized carbons (Fsp3) is 0.364. The molecule has 1 rings (SSSR count). The van der Waals surface area contributed by atoms with Gasteiger partial charge in [-0.1, -0.05) is 0 Å². The van der Waals surface area contributed by atoms with E-state index in [4.69, 9.17) is 5.11 Å². The Bertz CT molecular complexity index is 516. The molecule has 0 fully saturated rings. The minimum Gasteiger partial charge on any atom is -0.480 e. The van der Waals surface area contributed by atoms with Crippen LogP contribution in [0.5, 0.6) is 0 Å². The Hall–Kier alpha value is -1.08. The lowest BCUT2D eigenvalue weighted by Crippen LogP contribution is -2.26. The lowest BCUT2D eigenvalue weighted by molar-refractivity contribution is -0.385. The summed E-state index contributed by atoms with van der Waals surface area (Å²) in [6, 6.07) is 3.02. The van der Waals surface area contributed by atoms with Crippen molar-refractivity contribution in [2.75, 3.05) is 0 Å². The highest BCUT2D eigenvalue weighted by Gasteiger charge is 2.30. The third-order valence-electron chi connectivity index (χ3n) is 2.33. The van der Waals surface area contributed by atoms with Gasteiger partial charge in [0.1, 0.15) is 4.75 Å². The number of benzene rings is 1. The Morgan fingerprint density at radius 3 is 2.50 bits per heavy atom. The van der Waals surface area contributed by atoms with Gasteiger partial charge in [-0.3, -0.25) is 14.9 Å². The normalized spacial score (nSPS) is 11.3. The van der Waals surface area contributed by atoms with Gasteiger partial charge < -0.3 is 5.11 Å². The number of carboxylic acids is 1. The smallest absolute Gasteiger partial charge is 0.319 e. The standard InChI is InChI=1S/C11H12BrNO4S/c1-6-4-9(18-11(2,3)10(14)15)7(12)5-8(6)13(16)17/h4-5H,1-3H3,(H,14,15). The van der Waals surface area contributed by atoms with Crippen LogP contribution < -0.4 is 0 Å². The van der Waals surface area contributed by atoms with E-state index in [9.17, 15) is 14.9 Å². The number of aryl methyl sites for hydroxylation is 1. The van der Waals surface area contributed by atoms with Crippen LogP contribution in [0.1, 0.15) is 19.4 Å². The molecule has 0 aromatic heterocycles. The Labute approximate surface area is 117 Å². The van der Waals surface area contributed by atoms with Gasteiger partial charge in [-0.05, 0) is 42.8 Å². The molecule has 0 saturated carbocycles. The second kappa shape index (κ2) is 5.27. The zero-order chi connectivity index (χ0) is 14.1. The van der Waals surface area contributed by atoms with E-state index in [-0.39, 0.29) is 5.69 Å². The Kier molecular flexibility index (Phi) is 4.39. The quantitative estimate of drug-likeness (QED) is 0.517. The number of halogens is 1. The van der Waals surface area contributed by atoms with Gasteiger partial charge in [0, 0.05) is 21.0 Å². The Morgan fingerprint density at radius 1 is 1.50 bits per heavy atom. The first kappa shape index (κ1) is 15.0. The van der Waals surface area contributed by atoms with Crippen LogP contribution in [0.3, 0.4) is 0 Å². The lowest BCUT2D eigenvalue weighted by Gasteiger charge is -2.19. The van der Waals surface area contributed by atoms with Crippen LogP contribution in [-0.4, -0.2) is 20.7 Å². The predicted octanol–water partition coefficient (Wildman–Crippen LogP) is 3.62. The number of aliphatic carboxylic acids is 1. The average molecular weight is 334 g/mol. The van der Waals surface area contributed by atoms with Crippen molar-refractivity contribution in [2.45, 2.75) is 30.4 Å². The van der Waals surface area contributed by atoms with E-state index < -0.39 is 15.6 Å². The number of nitro groups is 1.